The average Bonchev–Trinajstić information content (AvgIpc) is 3.10. The number of alkyl halides is 3. The molecule has 0 aliphatic carbocycles. The van der Waals surface area contributed by atoms with Crippen molar-refractivity contribution in [2.45, 2.75) is 19.1 Å². The summed E-state index contributed by atoms with van der Waals surface area (Å²) >= 11 is 0. The number of carbonyl (C=O) groups is 1. The molecule has 0 radical (unpaired) electrons. The van der Waals surface area contributed by atoms with E-state index in [2.05, 4.69) is 14.7 Å². The molecule has 0 spiro atoms. The molecule has 0 saturated heterocycles. The number of aromatic nitrogens is 2. The fourth-order valence-corrected chi connectivity index (χ4v) is 2.20. The highest BCUT2D eigenvalue weighted by Crippen LogP contribution is 2.29. The summed E-state index contributed by atoms with van der Waals surface area (Å²) in [6, 6.07) is 6.37. The molecular weight excluding hydrogens is 355 g/mol. The Balaban J connectivity index is 2.08. The van der Waals surface area contributed by atoms with Crippen molar-refractivity contribution < 1.29 is 32.3 Å². The smallest absolute Gasteiger partial charge is 0.395 e. The van der Waals surface area contributed by atoms with E-state index in [9.17, 15) is 18.0 Å². The van der Waals surface area contributed by atoms with E-state index in [1.807, 2.05) is 0 Å². The van der Waals surface area contributed by atoms with Gasteiger partial charge in [0.15, 0.2) is 0 Å². The Bertz CT molecular complexity index is 716. The zero-order chi connectivity index (χ0) is 19.2. The molecule has 7 nitrogen and oxygen atoms in total. The van der Waals surface area contributed by atoms with Crippen LogP contribution in [0, 0.1) is 0 Å². The van der Waals surface area contributed by atoms with Gasteiger partial charge < -0.3 is 19.3 Å². The van der Waals surface area contributed by atoms with E-state index < -0.39 is 12.1 Å². The summed E-state index contributed by atoms with van der Waals surface area (Å²) in [5.41, 5.74) is 1.10. The van der Waals surface area contributed by atoms with Crippen molar-refractivity contribution in [1.82, 2.24) is 15.0 Å². The third-order valence-corrected chi connectivity index (χ3v) is 3.50. The lowest BCUT2D eigenvalue weighted by molar-refractivity contribution is -0.159. The molecule has 10 heteroatoms. The average molecular weight is 373 g/mol. The van der Waals surface area contributed by atoms with Gasteiger partial charge in [-0.05, 0) is 5.56 Å². The second-order valence-corrected chi connectivity index (χ2v) is 5.40. The summed E-state index contributed by atoms with van der Waals surface area (Å²) in [5, 5.41) is 12.4. The van der Waals surface area contributed by atoms with Crippen LogP contribution in [0.4, 0.5) is 13.2 Å². The molecule has 1 amide bonds. The normalized spacial score (nSPS) is 11.6. The lowest BCUT2D eigenvalue weighted by Gasteiger charge is -2.22. The molecule has 0 fully saturated rings. The minimum atomic E-state index is -4.70. The summed E-state index contributed by atoms with van der Waals surface area (Å²) in [5.74, 6) is -1.75. The molecule has 0 aliphatic rings. The van der Waals surface area contributed by atoms with Crippen molar-refractivity contribution in [3.63, 3.8) is 0 Å². The first-order valence-corrected chi connectivity index (χ1v) is 7.73. The number of benzene rings is 1. The fraction of sp³-hybridized carbons (Fsp3) is 0.438. The highest BCUT2D eigenvalue weighted by molar-refractivity contribution is 5.76. The van der Waals surface area contributed by atoms with Gasteiger partial charge in [0.2, 0.25) is 11.7 Å². The van der Waals surface area contributed by atoms with E-state index >= 15 is 0 Å². The Kier molecular flexibility index (Phi) is 6.70. The summed E-state index contributed by atoms with van der Waals surface area (Å²) in [7, 11) is 1.49. The number of halogens is 3. The van der Waals surface area contributed by atoms with Gasteiger partial charge in [-0.2, -0.15) is 18.2 Å². The van der Waals surface area contributed by atoms with Crippen molar-refractivity contribution >= 4 is 5.91 Å². The van der Waals surface area contributed by atoms with E-state index in [4.69, 9.17) is 9.84 Å². The van der Waals surface area contributed by atoms with Crippen LogP contribution >= 0.6 is 0 Å². The van der Waals surface area contributed by atoms with Crippen molar-refractivity contribution in [3.05, 3.63) is 35.7 Å². The molecule has 0 aliphatic heterocycles. The van der Waals surface area contributed by atoms with E-state index in [-0.39, 0.29) is 44.5 Å². The second kappa shape index (κ2) is 8.77. The summed E-state index contributed by atoms with van der Waals surface area (Å²) in [4.78, 5) is 16.9. The van der Waals surface area contributed by atoms with Crippen LogP contribution in [0.5, 0.6) is 0 Å². The maximum Gasteiger partial charge on any atom is 0.471 e. The Hall–Kier alpha value is -2.46. The molecule has 1 aromatic carbocycles. The third-order valence-electron chi connectivity index (χ3n) is 3.50. The van der Waals surface area contributed by atoms with Crippen LogP contribution in [0.3, 0.4) is 0 Å². The molecule has 0 atom stereocenters. The number of aliphatic hydroxyl groups excluding tert-OH is 1. The highest BCUT2D eigenvalue weighted by Gasteiger charge is 2.38. The van der Waals surface area contributed by atoms with Gasteiger partial charge in [-0.3, -0.25) is 4.79 Å². The monoisotopic (exact) mass is 373 g/mol. The Morgan fingerprint density at radius 1 is 1.31 bits per heavy atom. The topological polar surface area (TPSA) is 88.7 Å². The third kappa shape index (κ3) is 5.27. The van der Waals surface area contributed by atoms with Crippen LogP contribution in [0.15, 0.2) is 28.8 Å². The van der Waals surface area contributed by atoms with Gasteiger partial charge in [-0.15, -0.1) is 0 Å². The van der Waals surface area contributed by atoms with Gasteiger partial charge in [0, 0.05) is 25.8 Å². The zero-order valence-corrected chi connectivity index (χ0v) is 14.0. The number of hydrogen-bond donors (Lipinski definition) is 1. The van der Waals surface area contributed by atoms with Gasteiger partial charge in [0.1, 0.15) is 0 Å². The Morgan fingerprint density at radius 3 is 2.54 bits per heavy atom. The summed E-state index contributed by atoms with van der Waals surface area (Å²) < 4.78 is 46.6. The molecule has 0 unspecified atom stereocenters. The summed E-state index contributed by atoms with van der Waals surface area (Å²) in [6.45, 7) is 0.520. The number of nitrogens with zero attached hydrogens (tertiary/aromatic N) is 3. The molecule has 2 aromatic rings. The lowest BCUT2D eigenvalue weighted by Crippen LogP contribution is -2.33. The highest BCUT2D eigenvalue weighted by atomic mass is 19.4. The molecule has 142 valence electrons. The van der Waals surface area contributed by atoms with Crippen molar-refractivity contribution in [2.24, 2.45) is 0 Å². The minimum absolute atomic E-state index is 0.169. The lowest BCUT2D eigenvalue weighted by atomic mass is 10.1. The maximum atomic E-state index is 12.5. The van der Waals surface area contributed by atoms with Crippen LogP contribution in [0.2, 0.25) is 0 Å². The molecule has 1 N–H and O–H groups in total. The van der Waals surface area contributed by atoms with E-state index in [1.165, 1.54) is 24.1 Å². The van der Waals surface area contributed by atoms with Gasteiger partial charge in [0.25, 0.3) is 0 Å². The first-order chi connectivity index (χ1) is 12.3. The molecule has 0 saturated carbocycles. The zero-order valence-electron chi connectivity index (χ0n) is 14.0. The SMILES string of the molecule is COCCC(=O)N(CCO)Cc1ccc(-c2noc(C(F)(F)F)n2)cc1. The first-order valence-electron chi connectivity index (χ1n) is 7.73. The Labute approximate surface area is 147 Å². The predicted molar refractivity (Wildman–Crippen MR) is 83.7 cm³/mol. The Morgan fingerprint density at radius 2 is 2.00 bits per heavy atom. The van der Waals surface area contributed by atoms with Crippen LogP contribution in [0.1, 0.15) is 17.9 Å². The van der Waals surface area contributed by atoms with Crippen molar-refractivity contribution in [3.8, 4) is 11.4 Å². The number of carbonyl (C=O) groups excluding carboxylic acids is 1. The van der Waals surface area contributed by atoms with Gasteiger partial charge in [-0.1, -0.05) is 29.4 Å². The van der Waals surface area contributed by atoms with Gasteiger partial charge in [-0.25, -0.2) is 0 Å². The predicted octanol–water partition coefficient (Wildman–Crippen LogP) is 2.11. The van der Waals surface area contributed by atoms with Gasteiger partial charge >= 0.3 is 12.1 Å². The number of amides is 1. The summed E-state index contributed by atoms with van der Waals surface area (Å²) in [6.07, 6.45) is -4.50. The largest absolute Gasteiger partial charge is 0.471 e. The molecule has 26 heavy (non-hydrogen) atoms. The second-order valence-electron chi connectivity index (χ2n) is 5.40. The molecule has 1 heterocycles. The van der Waals surface area contributed by atoms with Crippen LogP contribution in [0.25, 0.3) is 11.4 Å². The molecule has 1 aromatic heterocycles. The van der Waals surface area contributed by atoms with Crippen LogP contribution < -0.4 is 0 Å². The van der Waals surface area contributed by atoms with Gasteiger partial charge in [0.05, 0.1) is 19.6 Å². The number of ether oxygens (including phenoxy) is 1. The van der Waals surface area contributed by atoms with Crippen molar-refractivity contribution in [1.29, 1.82) is 0 Å². The van der Waals surface area contributed by atoms with Crippen LogP contribution in [-0.4, -0.2) is 52.9 Å². The minimum Gasteiger partial charge on any atom is -0.395 e. The van der Waals surface area contributed by atoms with E-state index in [1.54, 1.807) is 12.1 Å². The quantitative estimate of drug-likeness (QED) is 0.763. The van der Waals surface area contributed by atoms with Crippen molar-refractivity contribution in [2.75, 3.05) is 26.9 Å². The van der Waals surface area contributed by atoms with E-state index in [0.29, 0.717) is 5.56 Å². The number of hydrogen-bond acceptors (Lipinski definition) is 6. The molecular formula is C16H18F3N3O4. The first kappa shape index (κ1) is 19.9. The van der Waals surface area contributed by atoms with E-state index in [0.717, 1.165) is 5.56 Å². The number of rotatable bonds is 8. The van der Waals surface area contributed by atoms with Crippen LogP contribution in [-0.2, 0) is 22.3 Å². The maximum absolute atomic E-state index is 12.5. The number of aliphatic hydroxyl groups is 1. The standard InChI is InChI=1S/C16H18F3N3O4/c1-25-9-6-13(24)22(7-8-23)10-11-2-4-12(5-3-11)14-20-15(26-21-14)16(17,18)19/h2-5,23H,6-10H2,1H3. The number of methoxy groups -OCH3 is 1. The molecule has 0 bridgehead atoms. The molecule has 2 rings (SSSR count). The fourth-order valence-electron chi connectivity index (χ4n) is 2.20.